The maximum absolute atomic E-state index is 9.39. The first-order valence-corrected chi connectivity index (χ1v) is 4.35. The molecule has 0 saturated heterocycles. The van der Waals surface area contributed by atoms with Gasteiger partial charge in [-0.25, -0.2) is 0 Å². The molecule has 0 saturated carbocycles. The van der Waals surface area contributed by atoms with Gasteiger partial charge in [0.1, 0.15) is 0 Å². The molecule has 0 unspecified atom stereocenters. The van der Waals surface area contributed by atoms with Crippen molar-refractivity contribution in [1.29, 1.82) is 0 Å². The zero-order chi connectivity index (χ0) is 9.68. The molecule has 13 heavy (non-hydrogen) atoms. The molecule has 0 aliphatic carbocycles. The topological polar surface area (TPSA) is 46.2 Å². The molecule has 1 aromatic carbocycles. The molecule has 0 amide bonds. The van der Waals surface area contributed by atoms with E-state index in [9.17, 15) is 5.11 Å². The molecule has 0 heterocycles. The van der Waals surface area contributed by atoms with E-state index in [4.69, 9.17) is 5.73 Å². The van der Waals surface area contributed by atoms with Gasteiger partial charge in [0.25, 0.3) is 0 Å². The van der Waals surface area contributed by atoms with Gasteiger partial charge in [-0.1, -0.05) is 36.4 Å². The van der Waals surface area contributed by atoms with E-state index in [1.54, 1.807) is 0 Å². The average Bonchev–Trinajstić information content (AvgIpc) is 2.18. The minimum atomic E-state index is -0.528. The lowest BCUT2D eigenvalue weighted by molar-refractivity contribution is 0.220. The first-order valence-electron chi connectivity index (χ1n) is 4.35. The third kappa shape index (κ3) is 3.01. The molecule has 1 rings (SSSR count). The third-order valence-electron chi connectivity index (χ3n) is 1.94. The molecule has 1 aromatic rings. The molecule has 3 N–H and O–H groups in total. The highest BCUT2D eigenvalue weighted by Gasteiger charge is 2.02. The molecular weight excluding hydrogens is 162 g/mol. The smallest absolute Gasteiger partial charge is 0.0872 e. The maximum Gasteiger partial charge on any atom is 0.0872 e. The van der Waals surface area contributed by atoms with Gasteiger partial charge in [-0.15, -0.1) is 0 Å². The normalized spacial score (nSPS) is 14.2. The molecule has 0 radical (unpaired) electrons. The van der Waals surface area contributed by atoms with Crippen molar-refractivity contribution in [2.24, 2.45) is 5.73 Å². The van der Waals surface area contributed by atoms with E-state index < -0.39 is 6.10 Å². The van der Waals surface area contributed by atoms with E-state index in [0.29, 0.717) is 0 Å². The van der Waals surface area contributed by atoms with Crippen LogP contribution < -0.4 is 5.73 Å². The SMILES string of the molecule is C/C(=C\c1ccccc1)[C@@H](O)CN. The van der Waals surface area contributed by atoms with Crippen molar-refractivity contribution in [3.8, 4) is 0 Å². The minimum Gasteiger partial charge on any atom is -0.387 e. The van der Waals surface area contributed by atoms with Crippen LogP contribution >= 0.6 is 0 Å². The van der Waals surface area contributed by atoms with Gasteiger partial charge in [0.2, 0.25) is 0 Å². The lowest BCUT2D eigenvalue weighted by atomic mass is 10.1. The summed E-state index contributed by atoms with van der Waals surface area (Å²) in [4.78, 5) is 0. The summed E-state index contributed by atoms with van der Waals surface area (Å²) in [5.41, 5.74) is 7.32. The van der Waals surface area contributed by atoms with E-state index >= 15 is 0 Å². The van der Waals surface area contributed by atoms with Gasteiger partial charge in [0.05, 0.1) is 6.10 Å². The quantitative estimate of drug-likeness (QED) is 0.733. The number of nitrogens with two attached hydrogens (primary N) is 1. The van der Waals surface area contributed by atoms with Crippen LogP contribution in [0.25, 0.3) is 6.08 Å². The maximum atomic E-state index is 9.39. The van der Waals surface area contributed by atoms with Gasteiger partial charge >= 0.3 is 0 Å². The first kappa shape index (κ1) is 9.96. The highest BCUT2D eigenvalue weighted by Crippen LogP contribution is 2.08. The summed E-state index contributed by atoms with van der Waals surface area (Å²) in [5.74, 6) is 0. The summed E-state index contributed by atoms with van der Waals surface area (Å²) in [5, 5.41) is 9.39. The second kappa shape index (κ2) is 4.80. The van der Waals surface area contributed by atoms with Gasteiger partial charge in [0.15, 0.2) is 0 Å². The summed E-state index contributed by atoms with van der Waals surface area (Å²) in [6.45, 7) is 2.15. The van der Waals surface area contributed by atoms with Crippen LogP contribution in [0.3, 0.4) is 0 Å². The van der Waals surface area contributed by atoms with E-state index in [2.05, 4.69) is 0 Å². The molecule has 70 valence electrons. The van der Waals surface area contributed by atoms with Crippen LogP contribution in [0.2, 0.25) is 0 Å². The summed E-state index contributed by atoms with van der Waals surface area (Å²) < 4.78 is 0. The van der Waals surface area contributed by atoms with Crippen LogP contribution in [0.1, 0.15) is 12.5 Å². The minimum absolute atomic E-state index is 0.273. The summed E-state index contributed by atoms with van der Waals surface area (Å²) in [7, 11) is 0. The molecule has 0 bridgehead atoms. The number of hydrogen-bond donors (Lipinski definition) is 2. The largest absolute Gasteiger partial charge is 0.387 e. The summed E-state index contributed by atoms with van der Waals surface area (Å²) in [6, 6.07) is 9.88. The van der Waals surface area contributed by atoms with Crippen molar-refractivity contribution in [3.05, 3.63) is 41.5 Å². The summed E-state index contributed by atoms with van der Waals surface area (Å²) in [6.07, 6.45) is 1.41. The Morgan fingerprint density at radius 3 is 2.62 bits per heavy atom. The van der Waals surface area contributed by atoms with Crippen molar-refractivity contribution >= 4 is 6.08 Å². The molecule has 1 atom stereocenters. The Bertz CT molecular complexity index is 279. The molecule has 0 fully saturated rings. The van der Waals surface area contributed by atoms with Crippen molar-refractivity contribution in [1.82, 2.24) is 0 Å². The van der Waals surface area contributed by atoms with Crippen LogP contribution in [-0.2, 0) is 0 Å². The Kier molecular flexibility index (Phi) is 3.68. The van der Waals surface area contributed by atoms with E-state index in [0.717, 1.165) is 11.1 Å². The second-order valence-corrected chi connectivity index (χ2v) is 3.05. The van der Waals surface area contributed by atoms with Crippen LogP contribution in [0.15, 0.2) is 35.9 Å². The fourth-order valence-electron chi connectivity index (χ4n) is 1.09. The molecule has 0 spiro atoms. The molecular formula is C11H15NO. The Balaban J connectivity index is 2.77. The lowest BCUT2D eigenvalue weighted by Crippen LogP contribution is -2.20. The Labute approximate surface area is 78.7 Å². The Hall–Kier alpha value is -1.12. The van der Waals surface area contributed by atoms with E-state index in [-0.39, 0.29) is 6.54 Å². The number of rotatable bonds is 3. The zero-order valence-electron chi connectivity index (χ0n) is 7.77. The van der Waals surface area contributed by atoms with Gasteiger partial charge in [-0.2, -0.15) is 0 Å². The van der Waals surface area contributed by atoms with Crippen molar-refractivity contribution in [3.63, 3.8) is 0 Å². The number of benzene rings is 1. The first-order chi connectivity index (χ1) is 6.24. The van der Waals surface area contributed by atoms with Crippen molar-refractivity contribution < 1.29 is 5.11 Å². The van der Waals surface area contributed by atoms with Crippen molar-refractivity contribution in [2.45, 2.75) is 13.0 Å². The molecule has 0 aromatic heterocycles. The highest BCUT2D eigenvalue weighted by atomic mass is 16.3. The van der Waals surface area contributed by atoms with Crippen LogP contribution in [-0.4, -0.2) is 17.8 Å². The summed E-state index contributed by atoms with van der Waals surface area (Å²) >= 11 is 0. The molecule has 2 nitrogen and oxygen atoms in total. The zero-order valence-corrected chi connectivity index (χ0v) is 7.77. The van der Waals surface area contributed by atoms with E-state index in [1.807, 2.05) is 43.3 Å². The Morgan fingerprint density at radius 2 is 2.08 bits per heavy atom. The van der Waals surface area contributed by atoms with Gasteiger partial charge < -0.3 is 10.8 Å². The monoisotopic (exact) mass is 177 g/mol. The molecule has 2 heteroatoms. The predicted molar refractivity (Wildman–Crippen MR) is 55.2 cm³/mol. The number of aliphatic hydroxyl groups excluding tert-OH is 1. The second-order valence-electron chi connectivity index (χ2n) is 3.05. The highest BCUT2D eigenvalue weighted by molar-refractivity contribution is 5.52. The van der Waals surface area contributed by atoms with Crippen LogP contribution in [0.4, 0.5) is 0 Å². The fourth-order valence-corrected chi connectivity index (χ4v) is 1.09. The Morgan fingerprint density at radius 1 is 1.46 bits per heavy atom. The van der Waals surface area contributed by atoms with Crippen LogP contribution in [0, 0.1) is 0 Å². The van der Waals surface area contributed by atoms with Gasteiger partial charge in [-0.05, 0) is 18.1 Å². The van der Waals surface area contributed by atoms with E-state index in [1.165, 1.54) is 0 Å². The fraction of sp³-hybridized carbons (Fsp3) is 0.273. The van der Waals surface area contributed by atoms with Crippen LogP contribution in [0.5, 0.6) is 0 Å². The van der Waals surface area contributed by atoms with Gasteiger partial charge in [0, 0.05) is 6.54 Å². The number of hydrogen-bond acceptors (Lipinski definition) is 2. The standard InChI is InChI=1S/C11H15NO/c1-9(11(13)8-12)7-10-5-3-2-4-6-10/h2-7,11,13H,8,12H2,1H3/b9-7+/t11-/m0/s1. The lowest BCUT2D eigenvalue weighted by Gasteiger charge is -2.07. The van der Waals surface area contributed by atoms with Gasteiger partial charge in [-0.3, -0.25) is 0 Å². The molecule has 0 aliphatic heterocycles. The average molecular weight is 177 g/mol. The number of aliphatic hydroxyl groups is 1. The predicted octanol–water partition coefficient (Wildman–Crippen LogP) is 1.41. The third-order valence-corrected chi connectivity index (χ3v) is 1.94. The van der Waals surface area contributed by atoms with Crippen molar-refractivity contribution in [2.75, 3.05) is 6.54 Å². The molecule has 0 aliphatic rings.